The molecule has 0 aromatic heterocycles. The highest BCUT2D eigenvalue weighted by Crippen LogP contribution is 2.23. The Morgan fingerprint density at radius 3 is 2.06 bits per heavy atom. The lowest BCUT2D eigenvalue weighted by Crippen LogP contribution is -2.42. The first-order chi connectivity index (χ1) is 7.29. The Bertz CT molecular complexity index is 332. The van der Waals surface area contributed by atoms with Crippen LogP contribution in [0.25, 0.3) is 0 Å². The molecule has 0 fully saturated rings. The van der Waals surface area contributed by atoms with Crippen molar-refractivity contribution in [1.82, 2.24) is 0 Å². The van der Waals surface area contributed by atoms with Gasteiger partial charge in [-0.05, 0) is 31.9 Å². The Balaban J connectivity index is 2.73. The van der Waals surface area contributed by atoms with Crippen molar-refractivity contribution in [3.8, 4) is 5.75 Å². The molecule has 1 atom stereocenters. The molecule has 1 unspecified atom stereocenters. The number of para-hydroxylation sites is 1. The summed E-state index contributed by atoms with van der Waals surface area (Å²) in [5.41, 5.74) is 2.43. The maximum atomic E-state index is 6.04. The van der Waals surface area contributed by atoms with Crippen LogP contribution in [0.5, 0.6) is 5.75 Å². The molecule has 0 saturated carbocycles. The molecule has 0 spiro atoms. The number of nitrogens with zero attached hydrogens (tertiary/aromatic N) is 1. The van der Waals surface area contributed by atoms with Crippen molar-refractivity contribution in [3.05, 3.63) is 29.3 Å². The molecular weight excluding hydrogens is 198 g/mol. The largest absolute Gasteiger partial charge is 0.484 e. The summed E-state index contributed by atoms with van der Waals surface area (Å²) in [6.45, 7) is 7.34. The van der Waals surface area contributed by atoms with Crippen molar-refractivity contribution in [2.24, 2.45) is 0 Å². The van der Waals surface area contributed by atoms with E-state index in [0.717, 1.165) is 16.8 Å². The second kappa shape index (κ2) is 4.88. The van der Waals surface area contributed by atoms with Gasteiger partial charge in [-0.15, -0.1) is 0 Å². The van der Waals surface area contributed by atoms with E-state index >= 15 is 0 Å². The molecule has 16 heavy (non-hydrogen) atoms. The van der Waals surface area contributed by atoms with Gasteiger partial charge in [0.1, 0.15) is 18.4 Å². The van der Waals surface area contributed by atoms with Gasteiger partial charge in [-0.1, -0.05) is 18.2 Å². The van der Waals surface area contributed by atoms with Crippen LogP contribution in [0.3, 0.4) is 0 Å². The van der Waals surface area contributed by atoms with Gasteiger partial charge in [0.05, 0.1) is 21.1 Å². The minimum absolute atomic E-state index is 0.236. The fourth-order valence-corrected chi connectivity index (χ4v) is 1.99. The summed E-state index contributed by atoms with van der Waals surface area (Å²) in [5.74, 6) is 1.04. The number of likely N-dealkylation sites (N-methyl/N-ethyl adjacent to an activating group) is 1. The molecular formula is C14H24NO+. The third kappa shape index (κ3) is 3.86. The first-order valence-corrected chi connectivity index (χ1v) is 5.83. The average Bonchev–Trinajstić information content (AvgIpc) is 2.08. The Labute approximate surface area is 99.4 Å². The molecule has 2 nitrogen and oxygen atoms in total. The van der Waals surface area contributed by atoms with Crippen molar-refractivity contribution < 1.29 is 9.22 Å². The third-order valence-corrected chi connectivity index (χ3v) is 2.53. The van der Waals surface area contributed by atoms with Crippen LogP contribution in [-0.2, 0) is 0 Å². The van der Waals surface area contributed by atoms with Gasteiger partial charge >= 0.3 is 0 Å². The first-order valence-electron chi connectivity index (χ1n) is 5.83. The summed E-state index contributed by atoms with van der Waals surface area (Å²) in [4.78, 5) is 0. The van der Waals surface area contributed by atoms with Crippen LogP contribution in [0.4, 0.5) is 0 Å². The van der Waals surface area contributed by atoms with Crippen LogP contribution >= 0.6 is 0 Å². The molecule has 0 aliphatic heterocycles. The van der Waals surface area contributed by atoms with Crippen LogP contribution in [0.15, 0.2) is 18.2 Å². The first kappa shape index (κ1) is 13.0. The minimum atomic E-state index is 0.236. The van der Waals surface area contributed by atoms with E-state index < -0.39 is 0 Å². The predicted molar refractivity (Wildman–Crippen MR) is 68.9 cm³/mol. The number of ether oxygens (including phenoxy) is 1. The van der Waals surface area contributed by atoms with Crippen LogP contribution < -0.4 is 4.74 Å². The van der Waals surface area contributed by atoms with E-state index in [0.29, 0.717) is 0 Å². The van der Waals surface area contributed by atoms with Crippen LogP contribution in [-0.4, -0.2) is 38.3 Å². The second-order valence-electron chi connectivity index (χ2n) is 5.62. The maximum absolute atomic E-state index is 6.04. The molecule has 1 aromatic rings. The fourth-order valence-electron chi connectivity index (χ4n) is 1.99. The minimum Gasteiger partial charge on any atom is -0.484 e. The van der Waals surface area contributed by atoms with E-state index in [4.69, 9.17) is 4.74 Å². The normalized spacial score (nSPS) is 13.6. The van der Waals surface area contributed by atoms with Gasteiger partial charge in [-0.25, -0.2) is 0 Å². The summed E-state index contributed by atoms with van der Waals surface area (Å²) < 4.78 is 6.96. The quantitative estimate of drug-likeness (QED) is 0.712. The van der Waals surface area contributed by atoms with E-state index in [-0.39, 0.29) is 6.10 Å². The topological polar surface area (TPSA) is 9.23 Å². The summed E-state index contributed by atoms with van der Waals surface area (Å²) in [7, 11) is 6.56. The Kier molecular flexibility index (Phi) is 3.98. The van der Waals surface area contributed by atoms with Gasteiger partial charge in [0.25, 0.3) is 0 Å². The predicted octanol–water partition coefficient (Wildman–Crippen LogP) is 2.78. The molecule has 2 heteroatoms. The highest BCUT2D eigenvalue weighted by Gasteiger charge is 2.16. The molecule has 1 aromatic carbocycles. The van der Waals surface area contributed by atoms with E-state index in [2.05, 4.69) is 60.1 Å². The van der Waals surface area contributed by atoms with Crippen molar-refractivity contribution in [2.45, 2.75) is 26.9 Å². The molecule has 0 bridgehead atoms. The molecule has 1 rings (SSSR count). The van der Waals surface area contributed by atoms with Gasteiger partial charge in [-0.3, -0.25) is 0 Å². The van der Waals surface area contributed by atoms with E-state index in [1.54, 1.807) is 0 Å². The summed E-state index contributed by atoms with van der Waals surface area (Å²) in [5, 5.41) is 0. The van der Waals surface area contributed by atoms with Gasteiger partial charge in [0.15, 0.2) is 0 Å². The van der Waals surface area contributed by atoms with Crippen LogP contribution in [0.2, 0.25) is 0 Å². The average molecular weight is 222 g/mol. The smallest absolute Gasteiger partial charge is 0.145 e. The van der Waals surface area contributed by atoms with Crippen molar-refractivity contribution in [2.75, 3.05) is 27.7 Å². The number of rotatable bonds is 4. The monoisotopic (exact) mass is 222 g/mol. The Hall–Kier alpha value is -1.02. The van der Waals surface area contributed by atoms with Crippen LogP contribution in [0, 0.1) is 13.8 Å². The maximum Gasteiger partial charge on any atom is 0.145 e. The summed E-state index contributed by atoms with van der Waals surface area (Å²) in [6.07, 6.45) is 0.236. The van der Waals surface area contributed by atoms with Gasteiger partial charge < -0.3 is 9.22 Å². The van der Waals surface area contributed by atoms with Crippen molar-refractivity contribution in [3.63, 3.8) is 0 Å². The molecule has 0 radical (unpaired) electrons. The standard InChI is InChI=1S/C14H24NO/c1-11-8-7-9-12(2)14(11)16-13(3)10-15(4,5)6/h7-9,13H,10H2,1-6H3/q+1. The zero-order chi connectivity index (χ0) is 12.3. The molecule has 0 saturated heterocycles. The van der Waals surface area contributed by atoms with Gasteiger partial charge in [-0.2, -0.15) is 0 Å². The highest BCUT2D eigenvalue weighted by molar-refractivity contribution is 5.39. The Morgan fingerprint density at radius 1 is 1.12 bits per heavy atom. The molecule has 0 aliphatic rings. The lowest BCUT2D eigenvalue weighted by Gasteiger charge is -2.28. The Morgan fingerprint density at radius 2 is 1.62 bits per heavy atom. The zero-order valence-electron chi connectivity index (χ0n) is 11.4. The molecule has 90 valence electrons. The summed E-state index contributed by atoms with van der Waals surface area (Å²) >= 11 is 0. The second-order valence-corrected chi connectivity index (χ2v) is 5.62. The van der Waals surface area contributed by atoms with Crippen LogP contribution in [0.1, 0.15) is 18.1 Å². The SMILES string of the molecule is Cc1cccc(C)c1OC(C)C[N+](C)(C)C. The third-order valence-electron chi connectivity index (χ3n) is 2.53. The number of hydrogen-bond donors (Lipinski definition) is 0. The molecule has 0 heterocycles. The molecule has 0 aliphatic carbocycles. The number of aryl methyl sites for hydroxylation is 2. The van der Waals surface area contributed by atoms with Crippen molar-refractivity contribution in [1.29, 1.82) is 0 Å². The van der Waals surface area contributed by atoms with Crippen molar-refractivity contribution >= 4 is 0 Å². The zero-order valence-corrected chi connectivity index (χ0v) is 11.4. The van der Waals surface area contributed by atoms with Gasteiger partial charge in [0.2, 0.25) is 0 Å². The van der Waals surface area contributed by atoms with Gasteiger partial charge in [0, 0.05) is 0 Å². The number of benzene rings is 1. The summed E-state index contributed by atoms with van der Waals surface area (Å²) in [6, 6.07) is 6.27. The molecule has 0 N–H and O–H groups in total. The number of hydrogen-bond acceptors (Lipinski definition) is 1. The van der Waals surface area contributed by atoms with E-state index in [1.165, 1.54) is 11.1 Å². The lowest BCUT2D eigenvalue weighted by atomic mass is 10.1. The fraction of sp³-hybridized carbons (Fsp3) is 0.571. The lowest BCUT2D eigenvalue weighted by molar-refractivity contribution is -0.872. The van der Waals surface area contributed by atoms with E-state index in [1.807, 2.05) is 0 Å². The van der Waals surface area contributed by atoms with E-state index in [9.17, 15) is 0 Å². The highest BCUT2D eigenvalue weighted by atomic mass is 16.5. The molecule has 0 amide bonds. The number of quaternary nitrogens is 1.